The van der Waals surface area contributed by atoms with Crippen molar-refractivity contribution < 1.29 is 22.7 Å². The number of aryl methyl sites for hydroxylation is 1. The zero-order chi connectivity index (χ0) is 31.7. The number of nitrogens with zero attached hydrogens (tertiary/aromatic N) is 2. The van der Waals surface area contributed by atoms with E-state index in [0.29, 0.717) is 17.4 Å². The highest BCUT2D eigenvalue weighted by Crippen LogP contribution is 2.28. The maximum atomic E-state index is 14.4. The van der Waals surface area contributed by atoms with Gasteiger partial charge in [-0.05, 0) is 79.1 Å². The average molecular weight is 634 g/mol. The second-order valence-electron chi connectivity index (χ2n) is 10.2. The van der Waals surface area contributed by atoms with Gasteiger partial charge in [-0.25, -0.2) is 8.42 Å². The van der Waals surface area contributed by atoms with Gasteiger partial charge in [-0.2, -0.15) is 0 Å². The molecule has 1 N–H and O–H groups in total. The van der Waals surface area contributed by atoms with Crippen LogP contribution in [0.5, 0.6) is 5.75 Å². The van der Waals surface area contributed by atoms with Gasteiger partial charge in [0, 0.05) is 25.0 Å². The lowest BCUT2D eigenvalue weighted by atomic mass is 10.0. The van der Waals surface area contributed by atoms with Gasteiger partial charge in [0.1, 0.15) is 18.3 Å². The number of rotatable bonds is 13. The number of anilines is 1. The Balaban J connectivity index is 1.79. The lowest BCUT2D eigenvalue weighted by Gasteiger charge is -2.34. The smallest absolute Gasteiger partial charge is 0.264 e. The Morgan fingerprint density at radius 3 is 2.14 bits per heavy atom. The third-order valence-electron chi connectivity index (χ3n) is 7.24. The van der Waals surface area contributed by atoms with Gasteiger partial charge in [0.2, 0.25) is 11.8 Å². The zero-order valence-electron chi connectivity index (χ0n) is 24.9. The Labute approximate surface area is 264 Å². The molecule has 0 aliphatic heterocycles. The van der Waals surface area contributed by atoms with Crippen LogP contribution < -0.4 is 14.4 Å². The average Bonchev–Trinajstić information content (AvgIpc) is 3.03. The first-order chi connectivity index (χ1) is 21.1. The van der Waals surface area contributed by atoms with Gasteiger partial charge in [-0.15, -0.1) is 0 Å². The van der Waals surface area contributed by atoms with Crippen LogP contribution in [0.1, 0.15) is 23.6 Å². The van der Waals surface area contributed by atoms with E-state index in [0.717, 1.165) is 21.0 Å². The highest BCUT2D eigenvalue weighted by atomic mass is 35.5. The Kier molecular flexibility index (Phi) is 11.0. The van der Waals surface area contributed by atoms with Crippen LogP contribution in [0.3, 0.4) is 0 Å². The number of amides is 2. The van der Waals surface area contributed by atoms with E-state index >= 15 is 0 Å². The van der Waals surface area contributed by atoms with Crippen LogP contribution >= 0.6 is 11.6 Å². The third-order valence-corrected chi connectivity index (χ3v) is 9.28. The molecule has 4 aromatic carbocycles. The molecule has 10 heteroatoms. The van der Waals surface area contributed by atoms with Crippen LogP contribution in [-0.4, -0.2) is 51.4 Å². The molecule has 0 aliphatic carbocycles. The predicted molar refractivity (Wildman–Crippen MR) is 173 cm³/mol. The van der Waals surface area contributed by atoms with Crippen molar-refractivity contribution in [1.82, 2.24) is 10.2 Å². The molecular weight excluding hydrogens is 598 g/mol. The van der Waals surface area contributed by atoms with E-state index in [-0.39, 0.29) is 29.5 Å². The molecule has 0 saturated carbocycles. The van der Waals surface area contributed by atoms with Crippen LogP contribution in [0.2, 0.25) is 5.02 Å². The number of sulfonamides is 1. The monoisotopic (exact) mass is 633 g/mol. The summed E-state index contributed by atoms with van der Waals surface area (Å²) in [4.78, 5) is 29.2. The van der Waals surface area contributed by atoms with Gasteiger partial charge < -0.3 is 15.0 Å². The molecule has 0 fully saturated rings. The van der Waals surface area contributed by atoms with Crippen LogP contribution in [0.25, 0.3) is 0 Å². The van der Waals surface area contributed by atoms with Crippen molar-refractivity contribution >= 4 is 39.1 Å². The van der Waals surface area contributed by atoms with Gasteiger partial charge in [0.05, 0.1) is 17.2 Å². The van der Waals surface area contributed by atoms with Crippen molar-refractivity contribution in [2.75, 3.05) is 24.5 Å². The van der Waals surface area contributed by atoms with E-state index in [2.05, 4.69) is 5.32 Å². The summed E-state index contributed by atoms with van der Waals surface area (Å²) < 4.78 is 34.8. The molecule has 0 aromatic heterocycles. The maximum absolute atomic E-state index is 14.4. The first-order valence-electron chi connectivity index (χ1n) is 14.2. The summed E-state index contributed by atoms with van der Waals surface area (Å²) in [6.45, 7) is 3.79. The van der Waals surface area contributed by atoms with Crippen LogP contribution in [0, 0.1) is 6.92 Å². The Bertz CT molecular complexity index is 1660. The van der Waals surface area contributed by atoms with Crippen molar-refractivity contribution in [3.63, 3.8) is 0 Å². The molecule has 0 bridgehead atoms. The fourth-order valence-electron chi connectivity index (χ4n) is 4.83. The van der Waals surface area contributed by atoms with Crippen molar-refractivity contribution in [2.45, 2.75) is 37.8 Å². The topological polar surface area (TPSA) is 96.0 Å². The second-order valence-corrected chi connectivity index (χ2v) is 12.5. The van der Waals surface area contributed by atoms with Gasteiger partial charge in [-0.1, -0.05) is 66.2 Å². The SMILES string of the molecule is CCOc1ccc(N(CC(=O)N(Cc2ccccc2C)C(Cc2ccccc2)C(=O)NC)S(=O)(=O)c2ccc(Cl)cc2)cc1. The van der Waals surface area contributed by atoms with Gasteiger partial charge in [0.15, 0.2) is 0 Å². The van der Waals surface area contributed by atoms with Crippen LogP contribution in [-0.2, 0) is 32.6 Å². The lowest BCUT2D eigenvalue weighted by Crippen LogP contribution is -2.53. The van der Waals surface area contributed by atoms with Crippen molar-refractivity contribution in [1.29, 1.82) is 0 Å². The fraction of sp³-hybridized carbons (Fsp3) is 0.235. The van der Waals surface area contributed by atoms with Gasteiger partial charge >= 0.3 is 0 Å². The summed E-state index contributed by atoms with van der Waals surface area (Å²) in [7, 11) is -2.71. The van der Waals surface area contributed by atoms with Crippen LogP contribution in [0.4, 0.5) is 5.69 Å². The highest BCUT2D eigenvalue weighted by Gasteiger charge is 2.34. The summed E-state index contributed by atoms with van der Waals surface area (Å²) in [5, 5.41) is 3.08. The number of ether oxygens (including phenoxy) is 1. The van der Waals surface area contributed by atoms with E-state index in [1.165, 1.54) is 36.2 Å². The summed E-state index contributed by atoms with van der Waals surface area (Å²) in [5.74, 6) is -0.330. The number of hydrogen-bond acceptors (Lipinski definition) is 5. The first kappa shape index (κ1) is 32.6. The Morgan fingerprint density at radius 1 is 0.886 bits per heavy atom. The maximum Gasteiger partial charge on any atom is 0.264 e. The van der Waals surface area contributed by atoms with Gasteiger partial charge in [-0.3, -0.25) is 13.9 Å². The molecule has 0 heterocycles. The van der Waals surface area contributed by atoms with Crippen molar-refractivity contribution in [3.05, 3.63) is 125 Å². The van der Waals surface area contributed by atoms with E-state index in [4.69, 9.17) is 16.3 Å². The molecule has 2 amide bonds. The molecule has 0 aliphatic rings. The zero-order valence-corrected chi connectivity index (χ0v) is 26.5. The standard InChI is InChI=1S/C34H36ClN3O5S/c1-4-43-30-18-16-29(17-19-30)38(44(41,42)31-20-14-28(35)15-21-31)24-33(39)37(23-27-13-9-8-10-25(27)2)32(34(40)36-3)22-26-11-6-5-7-12-26/h5-21,32H,4,22-24H2,1-3H3,(H,36,40). The number of likely N-dealkylation sites (N-methyl/N-ethyl adjacent to an activating group) is 1. The minimum atomic E-state index is -4.23. The molecule has 4 rings (SSSR count). The molecular formula is C34H36ClN3O5S. The van der Waals surface area contributed by atoms with Gasteiger partial charge in [0.25, 0.3) is 10.0 Å². The minimum absolute atomic E-state index is 0.0267. The third kappa shape index (κ3) is 7.98. The molecule has 8 nitrogen and oxygen atoms in total. The number of benzene rings is 4. The van der Waals surface area contributed by atoms with Crippen molar-refractivity contribution in [2.24, 2.45) is 0 Å². The molecule has 1 unspecified atom stereocenters. The second kappa shape index (κ2) is 14.9. The number of nitrogens with one attached hydrogen (secondary N) is 1. The lowest BCUT2D eigenvalue weighted by molar-refractivity contribution is -0.139. The quantitative estimate of drug-likeness (QED) is 0.206. The molecule has 4 aromatic rings. The molecule has 0 radical (unpaired) electrons. The molecule has 1 atom stereocenters. The number of halogens is 1. The first-order valence-corrected chi connectivity index (χ1v) is 16.1. The molecule has 0 spiro atoms. The van der Waals surface area contributed by atoms with E-state index in [9.17, 15) is 18.0 Å². The van der Waals surface area contributed by atoms with E-state index < -0.39 is 28.5 Å². The highest BCUT2D eigenvalue weighted by molar-refractivity contribution is 7.92. The Morgan fingerprint density at radius 2 is 1.52 bits per heavy atom. The summed E-state index contributed by atoms with van der Waals surface area (Å²) >= 11 is 6.04. The summed E-state index contributed by atoms with van der Waals surface area (Å²) in [6, 6.07) is 28.4. The summed E-state index contributed by atoms with van der Waals surface area (Å²) in [6.07, 6.45) is 0.241. The van der Waals surface area contributed by atoms with Crippen LogP contribution in [0.15, 0.2) is 108 Å². The molecule has 44 heavy (non-hydrogen) atoms. The van der Waals surface area contributed by atoms with E-state index in [1.807, 2.05) is 68.4 Å². The number of hydrogen-bond donors (Lipinski definition) is 1. The number of carbonyl (C=O) groups is 2. The van der Waals surface area contributed by atoms with Crippen molar-refractivity contribution in [3.8, 4) is 5.75 Å². The van der Waals surface area contributed by atoms with E-state index in [1.54, 1.807) is 24.3 Å². The molecule has 230 valence electrons. The minimum Gasteiger partial charge on any atom is -0.494 e. The predicted octanol–water partition coefficient (Wildman–Crippen LogP) is 5.63. The fourth-order valence-corrected chi connectivity index (χ4v) is 6.37. The Hall–Kier alpha value is -4.34. The number of carbonyl (C=O) groups excluding carboxylic acids is 2. The largest absolute Gasteiger partial charge is 0.494 e. The normalized spacial score (nSPS) is 11.8. The molecule has 0 saturated heterocycles. The summed E-state index contributed by atoms with van der Waals surface area (Å²) in [5.41, 5.74) is 2.92.